The summed E-state index contributed by atoms with van der Waals surface area (Å²) >= 11 is 0.887. The minimum atomic E-state index is -4.86. The number of alkyl halides is 6. The smallest absolute Gasteiger partial charge is 0.406 e. The van der Waals surface area contributed by atoms with Crippen molar-refractivity contribution in [3.05, 3.63) is 47.5 Å². The van der Waals surface area contributed by atoms with Crippen molar-refractivity contribution in [1.82, 2.24) is 9.88 Å². The van der Waals surface area contributed by atoms with Crippen molar-refractivity contribution < 1.29 is 35.9 Å². The molecule has 1 N–H and O–H groups in total. The SMILES string of the molecule is O=C(Nc1nc2ccc(OC(F)(F)F)cc2s1)c1cc(N2CCC(N3CCCC3)CC2)cc(C(F)(F)F)c1. The molecule has 0 saturated carbocycles. The molecule has 0 bridgehead atoms. The van der Waals surface area contributed by atoms with Crippen LogP contribution in [0.3, 0.4) is 0 Å². The average molecular weight is 559 g/mol. The number of hydrogen-bond donors (Lipinski definition) is 1. The second-order valence-corrected chi connectivity index (χ2v) is 10.4. The predicted molar refractivity (Wildman–Crippen MR) is 132 cm³/mol. The number of hydrogen-bond acceptors (Lipinski definition) is 6. The zero-order valence-corrected chi connectivity index (χ0v) is 20.8. The third-order valence-electron chi connectivity index (χ3n) is 6.81. The number of amides is 1. The molecule has 3 aromatic rings. The lowest BCUT2D eigenvalue weighted by Crippen LogP contribution is -2.44. The minimum absolute atomic E-state index is 0.0412. The van der Waals surface area contributed by atoms with E-state index in [2.05, 4.69) is 19.9 Å². The van der Waals surface area contributed by atoms with Crippen LogP contribution in [-0.4, -0.2) is 54.4 Å². The molecule has 2 saturated heterocycles. The van der Waals surface area contributed by atoms with Crippen LogP contribution < -0.4 is 15.0 Å². The maximum Gasteiger partial charge on any atom is 0.573 e. The molecule has 0 spiro atoms. The molecule has 0 atom stereocenters. The number of anilines is 2. The molecule has 0 aliphatic carbocycles. The van der Waals surface area contributed by atoms with Crippen molar-refractivity contribution >= 4 is 38.3 Å². The fraction of sp³-hybridized carbons (Fsp3) is 0.440. The maximum atomic E-state index is 13.7. The Morgan fingerprint density at radius 2 is 1.68 bits per heavy atom. The Bertz CT molecular complexity index is 1310. The van der Waals surface area contributed by atoms with Gasteiger partial charge in [-0.2, -0.15) is 13.2 Å². The van der Waals surface area contributed by atoms with Crippen LogP contribution in [0.1, 0.15) is 41.6 Å². The van der Waals surface area contributed by atoms with Crippen LogP contribution in [0.4, 0.5) is 37.2 Å². The Kier molecular flexibility index (Phi) is 7.16. The van der Waals surface area contributed by atoms with Crippen LogP contribution >= 0.6 is 11.3 Å². The summed E-state index contributed by atoms with van der Waals surface area (Å²) in [6, 6.07) is 7.23. The molecule has 6 nitrogen and oxygen atoms in total. The molecule has 1 aromatic heterocycles. The van der Waals surface area contributed by atoms with Gasteiger partial charge in [-0.25, -0.2) is 4.98 Å². The summed E-state index contributed by atoms with van der Waals surface area (Å²) in [4.78, 5) is 21.4. The van der Waals surface area contributed by atoms with E-state index in [0.717, 1.165) is 61.5 Å². The third-order valence-corrected chi connectivity index (χ3v) is 7.74. The fourth-order valence-electron chi connectivity index (χ4n) is 5.01. The Labute approximate surface area is 218 Å². The van der Waals surface area contributed by atoms with E-state index in [4.69, 9.17) is 0 Å². The fourth-order valence-corrected chi connectivity index (χ4v) is 5.90. The van der Waals surface area contributed by atoms with Gasteiger partial charge < -0.3 is 14.5 Å². The number of piperidine rings is 1. The van der Waals surface area contributed by atoms with Crippen molar-refractivity contribution in [3.8, 4) is 5.75 Å². The standard InChI is InChI=1S/C25H24F6N4O2S/c26-24(27,28)16-11-15(12-18(13-16)35-9-5-17(6-10-35)34-7-1-2-8-34)22(36)33-23-32-20-4-3-19(14-21(20)38-23)37-25(29,30)31/h3-4,11-14,17H,1-2,5-10H2,(H,32,33,36). The van der Waals surface area contributed by atoms with Crippen LogP contribution in [0.5, 0.6) is 5.75 Å². The molecule has 204 valence electrons. The summed E-state index contributed by atoms with van der Waals surface area (Å²) in [7, 11) is 0. The molecular weight excluding hydrogens is 534 g/mol. The molecular formula is C25H24F6N4O2S. The van der Waals surface area contributed by atoms with E-state index in [0.29, 0.717) is 35.0 Å². The van der Waals surface area contributed by atoms with Crippen molar-refractivity contribution in [2.75, 3.05) is 36.4 Å². The number of benzene rings is 2. The maximum absolute atomic E-state index is 13.7. The van der Waals surface area contributed by atoms with Gasteiger partial charge in [-0.15, -0.1) is 13.2 Å². The second kappa shape index (κ2) is 10.3. The van der Waals surface area contributed by atoms with Gasteiger partial charge in [0, 0.05) is 36.4 Å². The third kappa shape index (κ3) is 6.15. The lowest BCUT2D eigenvalue weighted by Gasteiger charge is -2.38. The Morgan fingerprint density at radius 3 is 2.34 bits per heavy atom. The van der Waals surface area contributed by atoms with Crippen molar-refractivity contribution in [2.45, 2.75) is 44.3 Å². The van der Waals surface area contributed by atoms with Gasteiger partial charge in [0.05, 0.1) is 15.8 Å². The van der Waals surface area contributed by atoms with Crippen LogP contribution in [0.25, 0.3) is 10.2 Å². The first-order valence-corrected chi connectivity index (χ1v) is 13.0. The van der Waals surface area contributed by atoms with Gasteiger partial charge in [-0.1, -0.05) is 11.3 Å². The van der Waals surface area contributed by atoms with E-state index in [1.54, 1.807) is 0 Å². The summed E-state index contributed by atoms with van der Waals surface area (Å²) in [5.41, 5.74) is -0.481. The number of aromatic nitrogens is 1. The first-order chi connectivity index (χ1) is 17.9. The van der Waals surface area contributed by atoms with Gasteiger partial charge in [0.2, 0.25) is 0 Å². The Balaban J connectivity index is 1.34. The molecule has 3 heterocycles. The molecule has 38 heavy (non-hydrogen) atoms. The highest BCUT2D eigenvalue weighted by Gasteiger charge is 2.34. The molecule has 2 fully saturated rings. The highest BCUT2D eigenvalue weighted by atomic mass is 32.1. The number of rotatable bonds is 5. The summed E-state index contributed by atoms with van der Waals surface area (Å²) in [5, 5.41) is 2.52. The quantitative estimate of drug-likeness (QED) is 0.361. The average Bonchev–Trinajstić information content (AvgIpc) is 3.52. The van der Waals surface area contributed by atoms with Gasteiger partial charge in [0.1, 0.15) is 5.75 Å². The summed E-state index contributed by atoms with van der Waals surface area (Å²) in [5.74, 6) is -1.24. The number of likely N-dealkylation sites (tertiary alicyclic amines) is 1. The van der Waals surface area contributed by atoms with Gasteiger partial charge in [0.15, 0.2) is 5.13 Å². The van der Waals surface area contributed by atoms with Crippen molar-refractivity contribution in [3.63, 3.8) is 0 Å². The van der Waals surface area contributed by atoms with E-state index in [9.17, 15) is 31.1 Å². The molecule has 2 aromatic carbocycles. The number of carbonyl (C=O) groups is 1. The molecule has 13 heteroatoms. The van der Waals surface area contributed by atoms with E-state index in [1.807, 2.05) is 4.90 Å². The zero-order valence-electron chi connectivity index (χ0n) is 20.0. The van der Waals surface area contributed by atoms with Gasteiger partial charge in [-0.3, -0.25) is 10.1 Å². The molecule has 2 aliphatic rings. The largest absolute Gasteiger partial charge is 0.573 e. The number of halogens is 6. The number of nitrogens with zero attached hydrogens (tertiary/aromatic N) is 3. The topological polar surface area (TPSA) is 57.7 Å². The highest BCUT2D eigenvalue weighted by Crippen LogP contribution is 2.36. The normalized spacial score (nSPS) is 17.8. The predicted octanol–water partition coefficient (Wildman–Crippen LogP) is 6.53. The number of fused-ring (bicyclic) bond motifs is 1. The van der Waals surface area contributed by atoms with Crippen LogP contribution in [0.15, 0.2) is 36.4 Å². The molecule has 5 rings (SSSR count). The van der Waals surface area contributed by atoms with Gasteiger partial charge in [0.25, 0.3) is 5.91 Å². The first kappa shape index (κ1) is 26.5. The number of ether oxygens (including phenoxy) is 1. The van der Waals surface area contributed by atoms with Gasteiger partial charge >= 0.3 is 12.5 Å². The number of thiazole rings is 1. The minimum Gasteiger partial charge on any atom is -0.406 e. The molecule has 0 unspecified atom stereocenters. The first-order valence-electron chi connectivity index (χ1n) is 12.1. The Morgan fingerprint density at radius 1 is 0.974 bits per heavy atom. The number of carbonyl (C=O) groups excluding carboxylic acids is 1. The van der Waals surface area contributed by atoms with Crippen LogP contribution in [0, 0.1) is 0 Å². The number of nitrogens with one attached hydrogen (secondary N) is 1. The monoisotopic (exact) mass is 558 g/mol. The highest BCUT2D eigenvalue weighted by molar-refractivity contribution is 7.22. The lowest BCUT2D eigenvalue weighted by molar-refractivity contribution is -0.274. The molecule has 2 aliphatic heterocycles. The van der Waals surface area contributed by atoms with E-state index < -0.39 is 29.8 Å². The van der Waals surface area contributed by atoms with Crippen molar-refractivity contribution in [2.24, 2.45) is 0 Å². The molecule has 0 radical (unpaired) electrons. The van der Waals surface area contributed by atoms with Crippen LogP contribution in [0.2, 0.25) is 0 Å². The lowest BCUT2D eigenvalue weighted by atomic mass is 10.0. The second-order valence-electron chi connectivity index (χ2n) is 9.38. The zero-order chi connectivity index (χ0) is 27.1. The summed E-state index contributed by atoms with van der Waals surface area (Å²) < 4.78 is 82.8. The van der Waals surface area contributed by atoms with Gasteiger partial charge in [-0.05, 0) is 69.1 Å². The Hall–Kier alpha value is -3.06. The van der Waals surface area contributed by atoms with E-state index in [-0.39, 0.29) is 10.7 Å². The van der Waals surface area contributed by atoms with Crippen LogP contribution in [-0.2, 0) is 6.18 Å². The van der Waals surface area contributed by atoms with E-state index in [1.165, 1.54) is 25.0 Å². The van der Waals surface area contributed by atoms with E-state index >= 15 is 0 Å². The summed E-state index contributed by atoms with van der Waals surface area (Å²) in [6.07, 6.45) is -5.50. The molecule has 1 amide bonds. The van der Waals surface area contributed by atoms with Crippen molar-refractivity contribution in [1.29, 1.82) is 0 Å². The summed E-state index contributed by atoms with van der Waals surface area (Å²) in [6.45, 7) is 3.29.